The highest BCUT2D eigenvalue weighted by Crippen LogP contribution is 2.32. The van der Waals surface area contributed by atoms with Gasteiger partial charge in [-0.25, -0.2) is 9.18 Å². The predicted molar refractivity (Wildman–Crippen MR) is 102 cm³/mol. The average Bonchev–Trinajstić information content (AvgIpc) is 3.21. The lowest BCUT2D eigenvalue weighted by atomic mass is 10.0. The van der Waals surface area contributed by atoms with Crippen LogP contribution >= 0.6 is 0 Å². The van der Waals surface area contributed by atoms with Crippen molar-refractivity contribution in [3.63, 3.8) is 0 Å². The number of hydrogen-bond acceptors (Lipinski definition) is 3. The summed E-state index contributed by atoms with van der Waals surface area (Å²) in [6.45, 7) is 4.15. The number of carbonyl (C=O) groups is 1. The summed E-state index contributed by atoms with van der Waals surface area (Å²) < 4.78 is 18.9. The summed E-state index contributed by atoms with van der Waals surface area (Å²) in [6.07, 6.45) is 0. The van der Waals surface area contributed by atoms with Gasteiger partial charge in [-0.2, -0.15) is 0 Å². The van der Waals surface area contributed by atoms with E-state index in [1.807, 2.05) is 41.3 Å². The number of para-hydroxylation sites is 1. The fourth-order valence-electron chi connectivity index (χ4n) is 4.18. The third-order valence-electron chi connectivity index (χ3n) is 5.50. The maximum atomic E-state index is 13.9. The third kappa shape index (κ3) is 3.90. The van der Waals surface area contributed by atoms with Gasteiger partial charge in [0.05, 0.1) is 7.11 Å². The number of benzene rings is 2. The van der Waals surface area contributed by atoms with Gasteiger partial charge in [-0.1, -0.05) is 24.3 Å². The molecule has 4 rings (SSSR count). The van der Waals surface area contributed by atoms with Gasteiger partial charge in [-0.15, -0.1) is 0 Å². The van der Waals surface area contributed by atoms with Crippen LogP contribution in [-0.4, -0.2) is 49.1 Å². The number of likely N-dealkylation sites (tertiary alicyclic amines) is 2. The zero-order valence-corrected chi connectivity index (χ0v) is 15.4. The number of anilines is 1. The first-order valence-corrected chi connectivity index (χ1v) is 9.28. The van der Waals surface area contributed by atoms with Crippen LogP contribution in [0.4, 0.5) is 14.9 Å². The van der Waals surface area contributed by atoms with Crippen LogP contribution in [0.1, 0.15) is 5.56 Å². The van der Waals surface area contributed by atoms with E-state index in [0.717, 1.165) is 44.0 Å². The zero-order chi connectivity index (χ0) is 18.8. The second kappa shape index (κ2) is 7.56. The Hall–Kier alpha value is -2.60. The molecule has 0 aliphatic carbocycles. The van der Waals surface area contributed by atoms with E-state index in [1.165, 1.54) is 7.11 Å². The van der Waals surface area contributed by atoms with Gasteiger partial charge in [0.15, 0.2) is 11.6 Å². The SMILES string of the molecule is COc1ccc(CN2CC3CN(C(=O)Nc4ccccc4)CC3C2)cc1F. The van der Waals surface area contributed by atoms with E-state index in [4.69, 9.17) is 4.74 Å². The molecule has 6 heteroatoms. The molecule has 0 radical (unpaired) electrons. The minimum Gasteiger partial charge on any atom is -0.494 e. The molecule has 2 heterocycles. The van der Waals surface area contributed by atoms with Crippen LogP contribution in [0, 0.1) is 17.7 Å². The van der Waals surface area contributed by atoms with Crippen molar-refractivity contribution in [2.45, 2.75) is 6.54 Å². The maximum absolute atomic E-state index is 13.9. The predicted octanol–water partition coefficient (Wildman–Crippen LogP) is 3.43. The second-order valence-electron chi connectivity index (χ2n) is 7.38. The molecule has 142 valence electrons. The van der Waals surface area contributed by atoms with E-state index in [-0.39, 0.29) is 17.6 Å². The van der Waals surface area contributed by atoms with Crippen molar-refractivity contribution in [1.29, 1.82) is 0 Å². The van der Waals surface area contributed by atoms with Gasteiger partial charge in [0.1, 0.15) is 0 Å². The molecule has 2 fully saturated rings. The number of halogens is 1. The van der Waals surface area contributed by atoms with Gasteiger partial charge in [-0.05, 0) is 41.7 Å². The van der Waals surface area contributed by atoms with Crippen molar-refractivity contribution in [3.8, 4) is 5.75 Å². The quantitative estimate of drug-likeness (QED) is 0.898. The number of nitrogens with one attached hydrogen (secondary N) is 1. The Balaban J connectivity index is 1.30. The fraction of sp³-hybridized carbons (Fsp3) is 0.381. The van der Waals surface area contributed by atoms with Crippen molar-refractivity contribution in [2.24, 2.45) is 11.8 Å². The summed E-state index contributed by atoms with van der Waals surface area (Å²) in [7, 11) is 1.47. The highest BCUT2D eigenvalue weighted by atomic mass is 19.1. The Morgan fingerprint density at radius 2 is 1.81 bits per heavy atom. The number of fused-ring (bicyclic) bond motifs is 1. The summed E-state index contributed by atoms with van der Waals surface area (Å²) in [5.41, 5.74) is 1.77. The van der Waals surface area contributed by atoms with E-state index >= 15 is 0 Å². The molecule has 2 aromatic rings. The van der Waals surface area contributed by atoms with E-state index in [9.17, 15) is 9.18 Å². The number of urea groups is 1. The number of ether oxygens (including phenoxy) is 1. The van der Waals surface area contributed by atoms with Crippen LogP contribution in [0.2, 0.25) is 0 Å². The fourth-order valence-corrected chi connectivity index (χ4v) is 4.18. The Morgan fingerprint density at radius 3 is 2.44 bits per heavy atom. The van der Waals surface area contributed by atoms with Crippen molar-refractivity contribution < 1.29 is 13.9 Å². The first-order chi connectivity index (χ1) is 13.1. The highest BCUT2D eigenvalue weighted by molar-refractivity contribution is 5.89. The Bertz CT molecular complexity index is 800. The van der Waals surface area contributed by atoms with Crippen molar-refractivity contribution >= 4 is 11.7 Å². The molecule has 2 unspecified atom stereocenters. The van der Waals surface area contributed by atoms with E-state index in [2.05, 4.69) is 10.2 Å². The third-order valence-corrected chi connectivity index (χ3v) is 5.50. The van der Waals surface area contributed by atoms with Crippen molar-refractivity contribution in [1.82, 2.24) is 9.80 Å². The summed E-state index contributed by atoms with van der Waals surface area (Å²) >= 11 is 0. The van der Waals surface area contributed by atoms with Crippen LogP contribution in [-0.2, 0) is 6.54 Å². The standard InChI is InChI=1S/C21H24FN3O2/c1-27-20-8-7-15(9-19(20)22)10-24-11-16-13-25(14-17(16)12-24)21(26)23-18-5-3-2-4-6-18/h2-9,16-17H,10-14H2,1H3,(H,23,26). The molecule has 2 aliphatic heterocycles. The lowest BCUT2D eigenvalue weighted by molar-refractivity contribution is 0.212. The minimum atomic E-state index is -0.321. The number of amides is 2. The molecule has 2 aliphatic rings. The number of methoxy groups -OCH3 is 1. The molecule has 0 saturated carbocycles. The molecule has 0 bridgehead atoms. The number of carbonyl (C=O) groups excluding carboxylic acids is 1. The molecule has 2 saturated heterocycles. The molecule has 2 atom stereocenters. The minimum absolute atomic E-state index is 0.0284. The van der Waals surface area contributed by atoms with Gasteiger partial charge >= 0.3 is 6.03 Å². The van der Waals surface area contributed by atoms with Gasteiger partial charge in [0, 0.05) is 38.4 Å². The topological polar surface area (TPSA) is 44.8 Å². The smallest absolute Gasteiger partial charge is 0.321 e. The molecular formula is C21H24FN3O2. The summed E-state index contributed by atoms with van der Waals surface area (Å²) in [4.78, 5) is 16.7. The molecule has 0 aromatic heterocycles. The Kier molecular flexibility index (Phi) is 4.99. The monoisotopic (exact) mass is 369 g/mol. The van der Waals surface area contributed by atoms with Crippen LogP contribution in [0.15, 0.2) is 48.5 Å². The summed E-state index contributed by atoms with van der Waals surface area (Å²) in [6, 6.07) is 14.6. The maximum Gasteiger partial charge on any atom is 0.321 e. The van der Waals surface area contributed by atoms with E-state index in [0.29, 0.717) is 11.8 Å². The zero-order valence-electron chi connectivity index (χ0n) is 15.4. The van der Waals surface area contributed by atoms with Gasteiger partial charge < -0.3 is 15.0 Å². The van der Waals surface area contributed by atoms with E-state index in [1.54, 1.807) is 12.1 Å². The van der Waals surface area contributed by atoms with Crippen LogP contribution in [0.25, 0.3) is 0 Å². The van der Waals surface area contributed by atoms with Crippen molar-refractivity contribution in [2.75, 3.05) is 38.6 Å². The number of hydrogen-bond donors (Lipinski definition) is 1. The lowest BCUT2D eigenvalue weighted by Gasteiger charge is -2.22. The van der Waals surface area contributed by atoms with E-state index < -0.39 is 0 Å². The molecule has 5 nitrogen and oxygen atoms in total. The van der Waals surface area contributed by atoms with Crippen LogP contribution in [0.5, 0.6) is 5.75 Å². The molecule has 27 heavy (non-hydrogen) atoms. The number of rotatable bonds is 4. The average molecular weight is 369 g/mol. The largest absolute Gasteiger partial charge is 0.494 e. The number of nitrogens with zero attached hydrogens (tertiary/aromatic N) is 2. The summed E-state index contributed by atoms with van der Waals surface area (Å²) in [5.74, 6) is 0.916. The van der Waals surface area contributed by atoms with Gasteiger partial charge in [0.2, 0.25) is 0 Å². The van der Waals surface area contributed by atoms with Crippen LogP contribution in [0.3, 0.4) is 0 Å². The Morgan fingerprint density at radius 1 is 1.11 bits per heavy atom. The molecule has 2 amide bonds. The first kappa shape index (κ1) is 17.8. The second-order valence-corrected chi connectivity index (χ2v) is 7.38. The van der Waals surface area contributed by atoms with Gasteiger partial charge in [0.25, 0.3) is 0 Å². The van der Waals surface area contributed by atoms with Crippen LogP contribution < -0.4 is 10.1 Å². The Labute approximate surface area is 158 Å². The van der Waals surface area contributed by atoms with Crippen molar-refractivity contribution in [3.05, 3.63) is 59.9 Å². The molecule has 2 aromatic carbocycles. The first-order valence-electron chi connectivity index (χ1n) is 9.28. The normalized spacial score (nSPS) is 21.9. The molecule has 0 spiro atoms. The lowest BCUT2D eigenvalue weighted by Crippen LogP contribution is -2.36. The van der Waals surface area contributed by atoms with Gasteiger partial charge in [-0.3, -0.25) is 4.90 Å². The summed E-state index contributed by atoms with van der Waals surface area (Å²) in [5, 5.41) is 2.96. The molecule has 1 N–H and O–H groups in total. The molecular weight excluding hydrogens is 345 g/mol. The highest BCUT2D eigenvalue weighted by Gasteiger charge is 2.41.